The number of hydrogen-bond acceptors (Lipinski definition) is 8. The van der Waals surface area contributed by atoms with Crippen LogP contribution in [0.2, 0.25) is 0 Å². The maximum atomic E-state index is 12.2. The highest BCUT2D eigenvalue weighted by molar-refractivity contribution is 5.98. The molecule has 11 heteroatoms. The lowest BCUT2D eigenvalue weighted by Gasteiger charge is -2.38. The Morgan fingerprint density at radius 1 is 1.46 bits per heavy atom. The van der Waals surface area contributed by atoms with Crippen LogP contribution in [0, 0.1) is 16.0 Å². The van der Waals surface area contributed by atoms with Crippen molar-refractivity contribution < 1.29 is 24.4 Å². The molecule has 1 amide bonds. The zero-order valence-electron chi connectivity index (χ0n) is 16.3. The van der Waals surface area contributed by atoms with Crippen molar-refractivity contribution in [2.75, 3.05) is 24.1 Å². The molecule has 1 aliphatic rings. The van der Waals surface area contributed by atoms with Crippen LogP contribution in [0.3, 0.4) is 0 Å². The fourth-order valence-corrected chi connectivity index (χ4v) is 3.05. The summed E-state index contributed by atoms with van der Waals surface area (Å²) >= 11 is 0. The van der Waals surface area contributed by atoms with Crippen molar-refractivity contribution in [3.05, 3.63) is 21.9 Å². The summed E-state index contributed by atoms with van der Waals surface area (Å²) in [5.41, 5.74) is 3.91. The molecule has 0 spiro atoms. The predicted molar refractivity (Wildman–Crippen MR) is 101 cm³/mol. The minimum Gasteiger partial charge on any atom is -0.478 e. The fraction of sp³-hybridized carbons (Fsp3) is 0.588. The van der Waals surface area contributed by atoms with Crippen molar-refractivity contribution in [1.82, 2.24) is 9.88 Å². The molecule has 1 aromatic rings. The molecule has 1 aliphatic heterocycles. The van der Waals surface area contributed by atoms with E-state index in [-0.39, 0.29) is 29.0 Å². The molecule has 2 atom stereocenters. The van der Waals surface area contributed by atoms with Crippen molar-refractivity contribution in [2.45, 2.75) is 45.8 Å². The maximum absolute atomic E-state index is 12.2. The van der Waals surface area contributed by atoms with Gasteiger partial charge in [0.1, 0.15) is 16.9 Å². The lowest BCUT2D eigenvalue weighted by atomic mass is 9.93. The van der Waals surface area contributed by atoms with Gasteiger partial charge in [-0.15, -0.1) is 0 Å². The van der Waals surface area contributed by atoms with E-state index in [1.165, 1.54) is 0 Å². The molecular formula is C17H25N5O6. The summed E-state index contributed by atoms with van der Waals surface area (Å²) in [5, 5.41) is 23.7. The number of nitrogens with zero attached hydrogens (tertiary/aromatic N) is 3. The summed E-state index contributed by atoms with van der Waals surface area (Å²) < 4.78 is 5.37. The second kappa shape index (κ2) is 7.87. The van der Waals surface area contributed by atoms with E-state index in [0.717, 1.165) is 6.20 Å². The zero-order valence-corrected chi connectivity index (χ0v) is 16.3. The Hall–Kier alpha value is -3.11. The lowest BCUT2D eigenvalue weighted by Crippen LogP contribution is -2.49. The van der Waals surface area contributed by atoms with Gasteiger partial charge < -0.3 is 25.8 Å². The first-order chi connectivity index (χ1) is 12.9. The second-order valence-electron chi connectivity index (χ2n) is 7.79. The summed E-state index contributed by atoms with van der Waals surface area (Å²) in [6.07, 6.45) is 1.02. The van der Waals surface area contributed by atoms with Crippen LogP contribution in [0.4, 0.5) is 22.0 Å². The number of piperidine rings is 1. The molecular weight excluding hydrogens is 370 g/mol. The van der Waals surface area contributed by atoms with E-state index in [9.17, 15) is 24.8 Å². The normalized spacial score (nSPS) is 19.8. The van der Waals surface area contributed by atoms with E-state index in [2.05, 4.69) is 10.3 Å². The van der Waals surface area contributed by atoms with Gasteiger partial charge in [-0.3, -0.25) is 10.1 Å². The molecule has 0 saturated carbocycles. The third-order valence-electron chi connectivity index (χ3n) is 4.38. The largest absolute Gasteiger partial charge is 0.478 e. The average Bonchev–Trinajstić information content (AvgIpc) is 2.54. The van der Waals surface area contributed by atoms with Crippen LogP contribution in [0.1, 0.15) is 44.5 Å². The highest BCUT2D eigenvalue weighted by atomic mass is 16.6. The summed E-state index contributed by atoms with van der Waals surface area (Å²) in [7, 11) is 0. The van der Waals surface area contributed by atoms with E-state index in [1.807, 2.05) is 6.92 Å². The SMILES string of the molecule is C[C@H]1CN(C(=O)OC(C)(C)C)CC[C@H]1Nc1c(C(=O)O)cnc(N)c1[N+](=O)[O-]. The Balaban J connectivity index is 2.22. The molecule has 0 aliphatic carbocycles. The lowest BCUT2D eigenvalue weighted by molar-refractivity contribution is -0.383. The van der Waals surface area contributed by atoms with Crippen LogP contribution in [-0.2, 0) is 4.74 Å². The first-order valence-corrected chi connectivity index (χ1v) is 8.81. The number of carboxylic acid groups (broad SMARTS) is 1. The van der Waals surface area contributed by atoms with Gasteiger partial charge in [0.25, 0.3) is 0 Å². The Labute approximate surface area is 162 Å². The van der Waals surface area contributed by atoms with Gasteiger partial charge in [-0.2, -0.15) is 0 Å². The van der Waals surface area contributed by atoms with Crippen LogP contribution in [-0.4, -0.2) is 56.7 Å². The van der Waals surface area contributed by atoms with E-state index < -0.39 is 28.3 Å². The number of nitrogen functional groups attached to an aromatic ring is 1. The minimum atomic E-state index is -1.35. The van der Waals surface area contributed by atoms with E-state index >= 15 is 0 Å². The van der Waals surface area contributed by atoms with Crippen LogP contribution < -0.4 is 11.1 Å². The molecule has 2 heterocycles. The van der Waals surface area contributed by atoms with Gasteiger partial charge in [0.15, 0.2) is 0 Å². The molecule has 154 valence electrons. The number of aromatic carboxylic acids is 1. The summed E-state index contributed by atoms with van der Waals surface area (Å²) in [6, 6.07) is -0.294. The number of amides is 1. The molecule has 4 N–H and O–H groups in total. The monoisotopic (exact) mass is 395 g/mol. The molecule has 1 saturated heterocycles. The first-order valence-electron chi connectivity index (χ1n) is 8.81. The Morgan fingerprint density at radius 2 is 2.11 bits per heavy atom. The van der Waals surface area contributed by atoms with Crippen molar-refractivity contribution in [2.24, 2.45) is 5.92 Å². The molecule has 0 unspecified atom stereocenters. The van der Waals surface area contributed by atoms with Crippen molar-refractivity contribution >= 4 is 29.3 Å². The van der Waals surface area contributed by atoms with Crippen LogP contribution >= 0.6 is 0 Å². The second-order valence-corrected chi connectivity index (χ2v) is 7.79. The standard InChI is InChI=1S/C17H25N5O6/c1-9-8-21(16(25)28-17(2,3)4)6-5-11(9)20-12-10(15(23)24)7-19-14(18)13(12)22(26)27/h7,9,11H,5-6,8H2,1-4H3,(H,23,24)(H3,18,19,20)/t9-,11+/m0/s1. The Morgan fingerprint density at radius 3 is 2.61 bits per heavy atom. The van der Waals surface area contributed by atoms with Crippen LogP contribution in [0.5, 0.6) is 0 Å². The van der Waals surface area contributed by atoms with Crippen LogP contribution in [0.25, 0.3) is 0 Å². The number of carbonyl (C=O) groups is 2. The average molecular weight is 395 g/mol. The van der Waals surface area contributed by atoms with Crippen molar-refractivity contribution in [1.29, 1.82) is 0 Å². The number of anilines is 2. The zero-order chi connectivity index (χ0) is 21.2. The van der Waals surface area contributed by atoms with Crippen molar-refractivity contribution in [3.63, 3.8) is 0 Å². The third-order valence-corrected chi connectivity index (χ3v) is 4.38. The number of aromatic nitrogens is 1. The Kier molecular flexibility index (Phi) is 5.95. The van der Waals surface area contributed by atoms with Crippen LogP contribution in [0.15, 0.2) is 6.20 Å². The molecule has 0 aromatic carbocycles. The highest BCUT2D eigenvalue weighted by Gasteiger charge is 2.34. The van der Waals surface area contributed by atoms with Gasteiger partial charge >= 0.3 is 17.7 Å². The highest BCUT2D eigenvalue weighted by Crippen LogP contribution is 2.35. The maximum Gasteiger partial charge on any atom is 0.410 e. The van der Waals surface area contributed by atoms with Crippen molar-refractivity contribution in [3.8, 4) is 0 Å². The number of carbonyl (C=O) groups excluding carboxylic acids is 1. The molecule has 1 aromatic heterocycles. The van der Waals surface area contributed by atoms with Gasteiger partial charge in [-0.25, -0.2) is 14.6 Å². The van der Waals surface area contributed by atoms with E-state index in [1.54, 1.807) is 25.7 Å². The summed E-state index contributed by atoms with van der Waals surface area (Å²) in [4.78, 5) is 39.6. The number of likely N-dealkylation sites (tertiary alicyclic amines) is 1. The molecule has 11 nitrogen and oxygen atoms in total. The summed E-state index contributed by atoms with van der Waals surface area (Å²) in [6.45, 7) is 7.94. The van der Waals surface area contributed by atoms with Gasteiger partial charge in [-0.1, -0.05) is 6.92 Å². The van der Waals surface area contributed by atoms with Gasteiger partial charge in [0.05, 0.1) is 4.92 Å². The number of ether oxygens (including phenoxy) is 1. The molecule has 0 radical (unpaired) electrons. The molecule has 2 rings (SSSR count). The minimum absolute atomic E-state index is 0.114. The predicted octanol–water partition coefficient (Wildman–Crippen LogP) is 2.33. The number of carboxylic acids is 1. The smallest absolute Gasteiger partial charge is 0.410 e. The fourth-order valence-electron chi connectivity index (χ4n) is 3.05. The number of rotatable bonds is 4. The number of nitrogens with one attached hydrogen (secondary N) is 1. The number of pyridine rings is 1. The third kappa shape index (κ3) is 4.78. The number of hydrogen-bond donors (Lipinski definition) is 3. The quantitative estimate of drug-likeness (QED) is 0.513. The summed E-state index contributed by atoms with van der Waals surface area (Å²) in [5.74, 6) is -1.83. The van der Waals surface area contributed by atoms with E-state index in [0.29, 0.717) is 19.5 Å². The van der Waals surface area contributed by atoms with Gasteiger partial charge in [0, 0.05) is 25.3 Å². The first kappa shape index (κ1) is 21.2. The van der Waals surface area contributed by atoms with E-state index in [4.69, 9.17) is 10.5 Å². The Bertz CT molecular complexity index is 791. The molecule has 28 heavy (non-hydrogen) atoms. The molecule has 1 fully saturated rings. The van der Waals surface area contributed by atoms with Gasteiger partial charge in [0.2, 0.25) is 5.82 Å². The molecule has 0 bridgehead atoms. The number of nitro groups is 1. The topological polar surface area (TPSA) is 161 Å². The van der Waals surface area contributed by atoms with Gasteiger partial charge in [-0.05, 0) is 33.1 Å². The number of nitrogens with two attached hydrogens (primary N) is 1.